The van der Waals surface area contributed by atoms with Crippen molar-refractivity contribution in [3.8, 4) is 10.8 Å². The van der Waals surface area contributed by atoms with E-state index < -0.39 is 11.9 Å². The molecule has 7 heteroatoms. The second-order valence-electron chi connectivity index (χ2n) is 4.40. The van der Waals surface area contributed by atoms with Crippen LogP contribution in [-0.4, -0.2) is 11.5 Å². The minimum Gasteiger partial charge on any atom is -0.462 e. The Balaban J connectivity index is 2.34. The summed E-state index contributed by atoms with van der Waals surface area (Å²) in [5.74, 6) is 0.405. The average molecular weight is 304 g/mol. The second-order valence-corrected chi connectivity index (χ2v) is 5.48. The van der Waals surface area contributed by atoms with Gasteiger partial charge in [-0.15, -0.1) is 11.3 Å². The summed E-state index contributed by atoms with van der Waals surface area (Å²) in [6.07, 6.45) is -2.13. The minimum atomic E-state index is -4.45. The fourth-order valence-electron chi connectivity index (χ4n) is 1.76. The monoisotopic (exact) mass is 304 g/mol. The highest BCUT2D eigenvalue weighted by Gasteiger charge is 2.37. The zero-order valence-electron chi connectivity index (χ0n) is 11.2. The van der Waals surface area contributed by atoms with Gasteiger partial charge >= 0.3 is 6.18 Å². The summed E-state index contributed by atoms with van der Waals surface area (Å²) in [6, 6.07) is 1.71. The van der Waals surface area contributed by atoms with Gasteiger partial charge in [-0.25, -0.2) is 4.98 Å². The van der Waals surface area contributed by atoms with Crippen molar-refractivity contribution >= 4 is 11.3 Å². The van der Waals surface area contributed by atoms with Gasteiger partial charge in [-0.1, -0.05) is 6.92 Å². The van der Waals surface area contributed by atoms with Crippen molar-refractivity contribution in [1.82, 2.24) is 10.3 Å². The van der Waals surface area contributed by atoms with Gasteiger partial charge in [0, 0.05) is 6.54 Å². The van der Waals surface area contributed by atoms with Crippen LogP contribution in [0.5, 0.6) is 0 Å². The van der Waals surface area contributed by atoms with Crippen LogP contribution in [0.15, 0.2) is 16.7 Å². The predicted octanol–water partition coefficient (Wildman–Crippen LogP) is 4.23. The van der Waals surface area contributed by atoms with E-state index in [1.807, 2.05) is 6.92 Å². The molecule has 0 saturated carbocycles. The van der Waals surface area contributed by atoms with Gasteiger partial charge in [0.25, 0.3) is 0 Å². The smallest absolute Gasteiger partial charge is 0.434 e. The molecule has 0 atom stereocenters. The van der Waals surface area contributed by atoms with Crippen molar-refractivity contribution in [3.05, 3.63) is 28.5 Å². The van der Waals surface area contributed by atoms with Gasteiger partial charge in [0.15, 0.2) is 16.5 Å². The predicted molar refractivity (Wildman–Crippen MR) is 71.6 cm³/mol. The maximum absolute atomic E-state index is 13.0. The molecule has 0 fully saturated rings. The molecule has 0 unspecified atom stereocenters. The van der Waals surface area contributed by atoms with Gasteiger partial charge in [0.1, 0.15) is 0 Å². The number of thiazole rings is 1. The number of aromatic nitrogens is 1. The van der Waals surface area contributed by atoms with Gasteiger partial charge in [0.05, 0.1) is 11.1 Å². The standard InChI is InChI=1S/C13H15F3N2OS/c1-3-5-17-7-9-11(13(14,15)16)18-12(20-9)10-8(2)4-6-19-10/h4,6,17H,3,5,7H2,1-2H3. The van der Waals surface area contributed by atoms with Gasteiger partial charge < -0.3 is 9.73 Å². The van der Waals surface area contributed by atoms with Crippen LogP contribution < -0.4 is 5.32 Å². The van der Waals surface area contributed by atoms with E-state index in [-0.39, 0.29) is 16.4 Å². The molecule has 2 heterocycles. The maximum Gasteiger partial charge on any atom is 0.434 e. The van der Waals surface area contributed by atoms with Crippen molar-refractivity contribution in [1.29, 1.82) is 0 Å². The van der Waals surface area contributed by atoms with E-state index in [2.05, 4.69) is 10.3 Å². The Labute approximate surface area is 118 Å². The summed E-state index contributed by atoms with van der Waals surface area (Å²) in [5, 5.41) is 3.25. The lowest BCUT2D eigenvalue weighted by atomic mass is 10.3. The molecule has 2 rings (SSSR count). The van der Waals surface area contributed by atoms with Crippen LogP contribution in [0.2, 0.25) is 0 Å². The topological polar surface area (TPSA) is 38.1 Å². The van der Waals surface area contributed by atoms with E-state index in [1.54, 1.807) is 13.0 Å². The van der Waals surface area contributed by atoms with Crippen molar-refractivity contribution < 1.29 is 17.6 Å². The van der Waals surface area contributed by atoms with E-state index in [0.717, 1.165) is 23.3 Å². The minimum absolute atomic E-state index is 0.167. The van der Waals surface area contributed by atoms with E-state index >= 15 is 0 Å². The summed E-state index contributed by atoms with van der Waals surface area (Å²) in [5.41, 5.74) is -0.0440. The van der Waals surface area contributed by atoms with E-state index in [0.29, 0.717) is 12.3 Å². The first-order chi connectivity index (χ1) is 9.43. The van der Waals surface area contributed by atoms with Gasteiger partial charge in [-0.2, -0.15) is 13.2 Å². The van der Waals surface area contributed by atoms with Gasteiger partial charge in [-0.3, -0.25) is 0 Å². The fourth-order valence-corrected chi connectivity index (χ4v) is 2.87. The number of furan rings is 1. The first kappa shape index (κ1) is 15.1. The Morgan fingerprint density at radius 2 is 2.15 bits per heavy atom. The molecule has 0 aliphatic rings. The summed E-state index contributed by atoms with van der Waals surface area (Å²) in [4.78, 5) is 3.91. The van der Waals surface area contributed by atoms with Crippen LogP contribution in [0.3, 0.4) is 0 Å². The number of hydrogen-bond donors (Lipinski definition) is 1. The number of hydrogen-bond acceptors (Lipinski definition) is 4. The van der Waals surface area contributed by atoms with Crippen LogP contribution in [0.4, 0.5) is 13.2 Å². The molecule has 20 heavy (non-hydrogen) atoms. The van der Waals surface area contributed by atoms with Crippen molar-refractivity contribution in [2.45, 2.75) is 33.0 Å². The Hall–Kier alpha value is -1.34. The summed E-state index contributed by atoms with van der Waals surface area (Å²) < 4.78 is 44.2. The lowest BCUT2D eigenvalue weighted by Crippen LogP contribution is -2.17. The average Bonchev–Trinajstić information content (AvgIpc) is 2.95. The molecule has 0 amide bonds. The normalized spacial score (nSPS) is 12.1. The van der Waals surface area contributed by atoms with E-state index in [4.69, 9.17) is 4.42 Å². The SMILES string of the molecule is CCCNCc1sc(-c2occc2C)nc1C(F)(F)F. The molecule has 0 aliphatic carbocycles. The maximum atomic E-state index is 13.0. The van der Waals surface area contributed by atoms with Gasteiger partial charge in [-0.05, 0) is 31.5 Å². The van der Waals surface area contributed by atoms with Crippen molar-refractivity contribution in [2.75, 3.05) is 6.54 Å². The fraction of sp³-hybridized carbons (Fsp3) is 0.462. The van der Waals surface area contributed by atoms with Crippen LogP contribution in [0.25, 0.3) is 10.8 Å². The summed E-state index contributed by atoms with van der Waals surface area (Å²) in [6.45, 7) is 4.58. The molecule has 0 aliphatic heterocycles. The van der Waals surface area contributed by atoms with Crippen LogP contribution >= 0.6 is 11.3 Å². The highest BCUT2D eigenvalue weighted by molar-refractivity contribution is 7.15. The molecule has 0 aromatic carbocycles. The highest BCUT2D eigenvalue weighted by Crippen LogP contribution is 2.38. The molecule has 2 aromatic heterocycles. The molecule has 1 N–H and O–H groups in total. The van der Waals surface area contributed by atoms with Crippen LogP contribution in [0, 0.1) is 6.92 Å². The lowest BCUT2D eigenvalue weighted by Gasteiger charge is -2.06. The molecular formula is C13H15F3N2OS. The number of halogens is 3. The number of rotatable bonds is 5. The number of alkyl halides is 3. The lowest BCUT2D eigenvalue weighted by molar-refractivity contribution is -0.141. The number of nitrogens with zero attached hydrogens (tertiary/aromatic N) is 1. The Bertz CT molecular complexity index is 574. The van der Waals surface area contributed by atoms with Crippen LogP contribution in [-0.2, 0) is 12.7 Å². The highest BCUT2D eigenvalue weighted by atomic mass is 32.1. The van der Waals surface area contributed by atoms with E-state index in [9.17, 15) is 13.2 Å². The number of aryl methyl sites for hydroxylation is 1. The van der Waals surface area contributed by atoms with E-state index in [1.165, 1.54) is 6.26 Å². The summed E-state index contributed by atoms with van der Waals surface area (Å²) in [7, 11) is 0. The van der Waals surface area contributed by atoms with Crippen LogP contribution in [0.1, 0.15) is 29.5 Å². The molecule has 3 nitrogen and oxygen atoms in total. The molecule has 2 aromatic rings. The quantitative estimate of drug-likeness (QED) is 0.840. The Morgan fingerprint density at radius 1 is 1.40 bits per heavy atom. The van der Waals surface area contributed by atoms with Crippen molar-refractivity contribution in [2.24, 2.45) is 0 Å². The molecular weight excluding hydrogens is 289 g/mol. The van der Waals surface area contributed by atoms with Crippen molar-refractivity contribution in [3.63, 3.8) is 0 Å². The molecule has 110 valence electrons. The third-order valence-electron chi connectivity index (χ3n) is 2.73. The Morgan fingerprint density at radius 3 is 2.70 bits per heavy atom. The molecule has 0 radical (unpaired) electrons. The second kappa shape index (κ2) is 5.97. The number of nitrogens with one attached hydrogen (secondary N) is 1. The largest absolute Gasteiger partial charge is 0.462 e. The first-order valence-electron chi connectivity index (χ1n) is 6.25. The summed E-state index contributed by atoms with van der Waals surface area (Å²) >= 11 is 1.02. The molecule has 0 bridgehead atoms. The third-order valence-corrected chi connectivity index (χ3v) is 3.79. The Kier molecular flexibility index (Phi) is 4.49. The first-order valence-corrected chi connectivity index (χ1v) is 7.07. The third kappa shape index (κ3) is 3.21. The molecule has 0 spiro atoms. The van der Waals surface area contributed by atoms with Gasteiger partial charge in [0.2, 0.25) is 0 Å². The zero-order chi connectivity index (χ0) is 14.8. The zero-order valence-corrected chi connectivity index (χ0v) is 12.0. The molecule has 0 saturated heterocycles.